The van der Waals surface area contributed by atoms with Gasteiger partial charge in [-0.1, -0.05) is 23.7 Å². The first kappa shape index (κ1) is 13.0. The van der Waals surface area contributed by atoms with Crippen molar-refractivity contribution in [2.75, 3.05) is 0 Å². The van der Waals surface area contributed by atoms with E-state index in [0.717, 1.165) is 9.92 Å². The van der Waals surface area contributed by atoms with Crippen molar-refractivity contribution in [1.29, 1.82) is 0 Å². The molecule has 2 N–H and O–H groups in total. The molecule has 2 atom stereocenters. The summed E-state index contributed by atoms with van der Waals surface area (Å²) in [6.45, 7) is 2.04. The van der Waals surface area contributed by atoms with Gasteiger partial charge < -0.3 is 5.73 Å². The lowest BCUT2D eigenvalue weighted by atomic mass is 10.2. The highest BCUT2D eigenvalue weighted by Gasteiger charge is 2.18. The molecule has 17 heavy (non-hydrogen) atoms. The zero-order valence-electron chi connectivity index (χ0n) is 9.47. The van der Waals surface area contributed by atoms with E-state index in [1.807, 2.05) is 25.1 Å². The number of thiophene rings is 1. The highest BCUT2D eigenvalue weighted by atomic mass is 35.5. The molecular formula is C13H14ClNS2. The Morgan fingerprint density at radius 1 is 1.29 bits per heavy atom. The van der Waals surface area contributed by atoms with Crippen molar-refractivity contribution in [3.63, 3.8) is 0 Å². The maximum Gasteiger partial charge on any atom is 0.0586 e. The molecular weight excluding hydrogens is 270 g/mol. The van der Waals surface area contributed by atoms with Crippen LogP contribution in [0.1, 0.15) is 17.1 Å². The first-order chi connectivity index (χ1) is 8.16. The summed E-state index contributed by atoms with van der Waals surface area (Å²) in [5.74, 6) is 0. The van der Waals surface area contributed by atoms with Gasteiger partial charge in [0.2, 0.25) is 0 Å². The van der Waals surface area contributed by atoms with Gasteiger partial charge in [-0.3, -0.25) is 0 Å². The van der Waals surface area contributed by atoms with Crippen molar-refractivity contribution in [2.24, 2.45) is 5.73 Å². The second-order valence-electron chi connectivity index (χ2n) is 3.87. The third kappa shape index (κ3) is 3.49. The number of rotatable bonds is 4. The number of hydrogen-bond donors (Lipinski definition) is 1. The highest BCUT2D eigenvalue weighted by Crippen LogP contribution is 2.39. The molecule has 1 aromatic heterocycles. The number of hydrogen-bond acceptors (Lipinski definition) is 3. The van der Waals surface area contributed by atoms with Crippen LogP contribution in [-0.2, 0) is 0 Å². The SMILES string of the molecule is CC(N)C(Sc1cccc(Cl)c1)c1cccs1. The fraction of sp³-hybridized carbons (Fsp3) is 0.231. The van der Waals surface area contributed by atoms with E-state index in [4.69, 9.17) is 17.3 Å². The van der Waals surface area contributed by atoms with Gasteiger partial charge in [-0.2, -0.15) is 0 Å². The van der Waals surface area contributed by atoms with Crippen LogP contribution in [-0.4, -0.2) is 6.04 Å². The zero-order chi connectivity index (χ0) is 12.3. The zero-order valence-corrected chi connectivity index (χ0v) is 11.9. The van der Waals surface area contributed by atoms with Crippen LogP contribution < -0.4 is 5.73 Å². The van der Waals surface area contributed by atoms with Crippen LogP contribution in [0.15, 0.2) is 46.7 Å². The van der Waals surface area contributed by atoms with E-state index in [2.05, 4.69) is 23.6 Å². The van der Waals surface area contributed by atoms with E-state index >= 15 is 0 Å². The molecule has 0 saturated carbocycles. The van der Waals surface area contributed by atoms with Gasteiger partial charge in [-0.25, -0.2) is 0 Å². The molecule has 0 amide bonds. The summed E-state index contributed by atoms with van der Waals surface area (Å²) in [4.78, 5) is 2.47. The van der Waals surface area contributed by atoms with E-state index in [0.29, 0.717) is 0 Å². The standard InChI is InChI=1S/C13H14ClNS2/c1-9(15)13(12-6-3-7-16-12)17-11-5-2-4-10(14)8-11/h2-9,13H,15H2,1H3. The monoisotopic (exact) mass is 283 g/mol. The third-order valence-corrected chi connectivity index (χ3v) is 5.16. The molecule has 0 bridgehead atoms. The minimum absolute atomic E-state index is 0.109. The maximum absolute atomic E-state index is 6.07. The second kappa shape index (κ2) is 5.91. The lowest BCUT2D eigenvalue weighted by Gasteiger charge is -2.19. The van der Waals surface area contributed by atoms with Crippen LogP contribution in [0.25, 0.3) is 0 Å². The summed E-state index contributed by atoms with van der Waals surface area (Å²) in [5.41, 5.74) is 6.07. The molecule has 2 aromatic rings. The minimum Gasteiger partial charge on any atom is -0.327 e. The minimum atomic E-state index is 0.109. The van der Waals surface area contributed by atoms with E-state index in [9.17, 15) is 0 Å². The van der Waals surface area contributed by atoms with Crippen molar-refractivity contribution in [3.8, 4) is 0 Å². The lowest BCUT2D eigenvalue weighted by molar-refractivity contribution is 0.730. The van der Waals surface area contributed by atoms with Crippen LogP contribution >= 0.6 is 34.7 Å². The van der Waals surface area contributed by atoms with Crippen LogP contribution in [0.5, 0.6) is 0 Å². The average Bonchev–Trinajstić information content (AvgIpc) is 2.78. The van der Waals surface area contributed by atoms with Crippen LogP contribution in [0, 0.1) is 0 Å². The van der Waals surface area contributed by atoms with E-state index in [-0.39, 0.29) is 11.3 Å². The van der Waals surface area contributed by atoms with Gasteiger partial charge in [0, 0.05) is 20.8 Å². The van der Waals surface area contributed by atoms with Crippen molar-refractivity contribution in [1.82, 2.24) is 0 Å². The molecule has 2 unspecified atom stereocenters. The summed E-state index contributed by atoms with van der Waals surface area (Å²) < 4.78 is 0. The molecule has 90 valence electrons. The summed E-state index contributed by atoms with van der Waals surface area (Å²) in [6.07, 6.45) is 0. The number of halogens is 1. The summed E-state index contributed by atoms with van der Waals surface area (Å²) in [7, 11) is 0. The van der Waals surface area contributed by atoms with Gasteiger partial charge in [-0.15, -0.1) is 23.1 Å². The highest BCUT2D eigenvalue weighted by molar-refractivity contribution is 7.99. The van der Waals surface area contributed by atoms with Gasteiger partial charge >= 0.3 is 0 Å². The molecule has 0 fully saturated rings. The van der Waals surface area contributed by atoms with Crippen molar-refractivity contribution in [2.45, 2.75) is 23.1 Å². The van der Waals surface area contributed by atoms with Gasteiger partial charge in [0.1, 0.15) is 0 Å². The van der Waals surface area contributed by atoms with Crippen molar-refractivity contribution in [3.05, 3.63) is 51.7 Å². The first-order valence-corrected chi connectivity index (χ1v) is 7.52. The molecule has 2 rings (SSSR count). The molecule has 0 aliphatic heterocycles. The Morgan fingerprint density at radius 2 is 2.12 bits per heavy atom. The van der Waals surface area contributed by atoms with Gasteiger partial charge in [0.05, 0.1) is 5.25 Å². The largest absolute Gasteiger partial charge is 0.327 e. The molecule has 0 radical (unpaired) electrons. The Bertz CT molecular complexity index is 468. The Morgan fingerprint density at radius 3 is 2.71 bits per heavy atom. The fourth-order valence-electron chi connectivity index (χ4n) is 1.56. The van der Waals surface area contributed by atoms with Crippen molar-refractivity contribution < 1.29 is 0 Å². The predicted molar refractivity (Wildman–Crippen MR) is 78.0 cm³/mol. The smallest absolute Gasteiger partial charge is 0.0586 e. The first-order valence-electron chi connectivity index (χ1n) is 5.38. The van der Waals surface area contributed by atoms with E-state index in [1.54, 1.807) is 23.1 Å². The Kier molecular flexibility index (Phi) is 4.51. The molecule has 0 spiro atoms. The molecule has 4 heteroatoms. The molecule has 0 aliphatic carbocycles. The number of benzene rings is 1. The van der Waals surface area contributed by atoms with Crippen LogP contribution in [0.4, 0.5) is 0 Å². The van der Waals surface area contributed by atoms with Gasteiger partial charge in [0.25, 0.3) is 0 Å². The van der Waals surface area contributed by atoms with E-state index in [1.165, 1.54) is 4.88 Å². The number of thioether (sulfide) groups is 1. The van der Waals surface area contributed by atoms with Gasteiger partial charge in [-0.05, 0) is 36.6 Å². The molecule has 1 aromatic carbocycles. The Balaban J connectivity index is 2.19. The molecule has 0 saturated heterocycles. The maximum atomic E-state index is 6.07. The van der Waals surface area contributed by atoms with E-state index < -0.39 is 0 Å². The predicted octanol–water partition coefficient (Wildman–Crippen LogP) is 4.58. The second-order valence-corrected chi connectivity index (χ2v) is 6.50. The lowest BCUT2D eigenvalue weighted by Crippen LogP contribution is -2.21. The Labute approximate surface area is 115 Å². The Hall–Kier alpha value is -0.480. The molecule has 1 nitrogen and oxygen atoms in total. The number of nitrogens with two attached hydrogens (primary N) is 1. The fourth-order valence-corrected chi connectivity index (χ4v) is 4.01. The average molecular weight is 284 g/mol. The molecule has 0 aliphatic rings. The van der Waals surface area contributed by atoms with Gasteiger partial charge in [0.15, 0.2) is 0 Å². The normalized spacial score (nSPS) is 14.5. The summed E-state index contributed by atoms with van der Waals surface area (Å²) >= 11 is 9.51. The quantitative estimate of drug-likeness (QED) is 0.831. The van der Waals surface area contributed by atoms with Crippen LogP contribution in [0.3, 0.4) is 0 Å². The summed E-state index contributed by atoms with van der Waals surface area (Å²) in [6, 6.07) is 12.2. The topological polar surface area (TPSA) is 26.0 Å². The third-order valence-electron chi connectivity index (χ3n) is 2.36. The summed E-state index contributed by atoms with van der Waals surface area (Å²) in [5, 5.41) is 3.14. The molecule has 1 heterocycles. The van der Waals surface area contributed by atoms with Crippen LogP contribution in [0.2, 0.25) is 5.02 Å². The van der Waals surface area contributed by atoms with Crippen molar-refractivity contribution >= 4 is 34.7 Å².